The van der Waals surface area contributed by atoms with Crippen molar-refractivity contribution in [2.45, 2.75) is 59.3 Å². The molecule has 4 aliphatic rings. The topological polar surface area (TPSA) is 116 Å². The van der Waals surface area contributed by atoms with Gasteiger partial charge in [-0.1, -0.05) is 18.2 Å². The number of halogens is 2. The second-order valence-electron chi connectivity index (χ2n) is 15.7. The maximum absolute atomic E-state index is 14.5. The van der Waals surface area contributed by atoms with Crippen LogP contribution in [0.25, 0.3) is 0 Å². The normalized spacial score (nSPS) is 18.3. The second kappa shape index (κ2) is 20.7. The molecule has 306 valence electrons. The van der Waals surface area contributed by atoms with Crippen LogP contribution in [0.4, 0.5) is 29.7 Å². The lowest BCUT2D eigenvalue weighted by Gasteiger charge is -2.37. The number of ether oxygens (including phenoxy) is 4. The molecular weight excluding hydrogens is 714 g/mol. The first-order valence-electron chi connectivity index (χ1n) is 19.2. The minimum absolute atomic E-state index is 0.179. The summed E-state index contributed by atoms with van der Waals surface area (Å²) in [5, 5.41) is 3.18. The molecule has 15 heteroatoms. The van der Waals surface area contributed by atoms with E-state index in [1.807, 2.05) is 52.5 Å². The lowest BCUT2D eigenvalue weighted by atomic mass is 10.1. The van der Waals surface area contributed by atoms with Gasteiger partial charge < -0.3 is 43.9 Å². The third kappa shape index (κ3) is 14.2. The summed E-state index contributed by atoms with van der Waals surface area (Å²) in [6.07, 6.45) is 0.226. The number of nitrogens with one attached hydrogen (secondary N) is 1. The Labute approximate surface area is 324 Å². The lowest BCUT2D eigenvalue weighted by molar-refractivity contribution is 0.0138. The maximum atomic E-state index is 14.5. The number of benzene rings is 2. The monoisotopic (exact) mass is 774 g/mol. The summed E-state index contributed by atoms with van der Waals surface area (Å²) in [6, 6.07) is 9.83. The molecule has 2 amide bonds. The first-order chi connectivity index (χ1) is 26.1. The van der Waals surface area contributed by atoms with E-state index in [1.165, 1.54) is 12.1 Å². The van der Waals surface area contributed by atoms with Gasteiger partial charge >= 0.3 is 12.2 Å². The Morgan fingerprint density at radius 3 is 1.62 bits per heavy atom. The van der Waals surface area contributed by atoms with E-state index in [0.29, 0.717) is 95.5 Å². The number of anilines is 2. The molecule has 0 unspecified atom stereocenters. The first kappa shape index (κ1) is 43.7. The van der Waals surface area contributed by atoms with Crippen LogP contribution in [-0.4, -0.2) is 149 Å². The average Bonchev–Trinajstić information content (AvgIpc) is 3.15. The summed E-state index contributed by atoms with van der Waals surface area (Å²) in [4.78, 5) is 44.2. The molecule has 2 aromatic carbocycles. The van der Waals surface area contributed by atoms with Crippen molar-refractivity contribution >= 4 is 29.8 Å². The van der Waals surface area contributed by atoms with Crippen LogP contribution in [0.2, 0.25) is 0 Å². The van der Waals surface area contributed by atoms with Crippen molar-refractivity contribution in [3.8, 4) is 0 Å². The zero-order chi connectivity index (χ0) is 40.0. The standard InChI is InChI=1S/C20H30FN3O3.C11H12FNO2.C9H18N2O2/c1-20(2,3)27-19(25)24-9-7-22(8-10-24)15-16-5-4-6-17(21)18(16)23-11-13-26-14-12-23;12-10-3-1-2-9(8-14)11(10)13-4-6-15-7-5-13;1-9(2,3)13-8(12)11-6-4-10-5-7-11/h4-6H,7-15H2,1-3H3;1-3,8H,4-7H2;10H,4-7H2,1-3H3. The number of nitrogens with zero attached hydrogens (tertiary/aromatic N) is 5. The van der Waals surface area contributed by atoms with E-state index >= 15 is 0 Å². The van der Waals surface area contributed by atoms with Gasteiger partial charge in [-0.15, -0.1) is 0 Å². The van der Waals surface area contributed by atoms with Crippen LogP contribution in [0.1, 0.15) is 57.5 Å². The molecule has 4 fully saturated rings. The van der Waals surface area contributed by atoms with Crippen LogP contribution in [-0.2, 0) is 25.5 Å². The molecule has 4 saturated heterocycles. The first-order valence-corrected chi connectivity index (χ1v) is 19.2. The fourth-order valence-corrected chi connectivity index (χ4v) is 6.41. The van der Waals surface area contributed by atoms with E-state index < -0.39 is 5.60 Å². The van der Waals surface area contributed by atoms with Crippen LogP contribution in [0.15, 0.2) is 36.4 Å². The number of carbonyl (C=O) groups is 3. The van der Waals surface area contributed by atoms with Crippen molar-refractivity contribution in [1.82, 2.24) is 20.0 Å². The molecule has 4 aliphatic heterocycles. The molecular formula is C40H60F2N6O7. The highest BCUT2D eigenvalue weighted by atomic mass is 19.1. The number of hydrogen-bond acceptors (Lipinski definition) is 11. The zero-order valence-corrected chi connectivity index (χ0v) is 33.4. The van der Waals surface area contributed by atoms with Crippen LogP contribution in [0.3, 0.4) is 0 Å². The van der Waals surface area contributed by atoms with E-state index in [4.69, 9.17) is 18.9 Å². The van der Waals surface area contributed by atoms with E-state index in [9.17, 15) is 23.2 Å². The van der Waals surface area contributed by atoms with Crippen LogP contribution >= 0.6 is 0 Å². The SMILES string of the molecule is CC(C)(C)OC(=O)N1CCN(Cc2cccc(F)c2N2CCOCC2)CC1.CC(C)(C)OC(=O)N1CCNCC1.O=Cc1cccc(F)c1N1CCOCC1. The predicted molar refractivity (Wildman–Crippen MR) is 208 cm³/mol. The summed E-state index contributed by atoms with van der Waals surface area (Å²) in [6.45, 7) is 23.0. The third-order valence-corrected chi connectivity index (χ3v) is 9.06. The van der Waals surface area contributed by atoms with Gasteiger partial charge in [0.25, 0.3) is 0 Å². The van der Waals surface area contributed by atoms with Crippen molar-refractivity contribution < 1.29 is 42.1 Å². The molecule has 0 saturated carbocycles. The third-order valence-electron chi connectivity index (χ3n) is 9.06. The van der Waals surface area contributed by atoms with Crippen molar-refractivity contribution in [2.75, 3.05) is 115 Å². The fourth-order valence-electron chi connectivity index (χ4n) is 6.41. The van der Waals surface area contributed by atoms with E-state index in [2.05, 4.69) is 15.1 Å². The molecule has 2 aromatic rings. The summed E-state index contributed by atoms with van der Waals surface area (Å²) in [5.74, 6) is -0.525. The number of para-hydroxylation sites is 2. The summed E-state index contributed by atoms with van der Waals surface area (Å²) < 4.78 is 49.4. The number of carbonyl (C=O) groups excluding carboxylic acids is 3. The molecule has 4 heterocycles. The van der Waals surface area contributed by atoms with Gasteiger partial charge in [-0.2, -0.15) is 0 Å². The van der Waals surface area contributed by atoms with Gasteiger partial charge in [0.15, 0.2) is 6.29 Å². The van der Waals surface area contributed by atoms with Crippen molar-refractivity contribution in [2.24, 2.45) is 0 Å². The zero-order valence-electron chi connectivity index (χ0n) is 33.4. The molecule has 0 radical (unpaired) electrons. The highest BCUT2D eigenvalue weighted by molar-refractivity contribution is 5.84. The molecule has 0 atom stereocenters. The molecule has 1 N–H and O–H groups in total. The minimum Gasteiger partial charge on any atom is -0.444 e. The van der Waals surface area contributed by atoms with Gasteiger partial charge in [0.1, 0.15) is 22.8 Å². The number of rotatable bonds is 5. The van der Waals surface area contributed by atoms with E-state index in [1.54, 1.807) is 28.0 Å². The van der Waals surface area contributed by atoms with Crippen molar-refractivity contribution in [3.05, 3.63) is 59.2 Å². The van der Waals surface area contributed by atoms with Gasteiger partial charge in [-0.3, -0.25) is 9.69 Å². The van der Waals surface area contributed by atoms with Crippen LogP contribution in [0.5, 0.6) is 0 Å². The Morgan fingerprint density at radius 2 is 1.13 bits per heavy atom. The predicted octanol–water partition coefficient (Wildman–Crippen LogP) is 5.02. The second-order valence-corrected chi connectivity index (χ2v) is 15.7. The molecule has 0 bridgehead atoms. The van der Waals surface area contributed by atoms with Crippen molar-refractivity contribution in [3.63, 3.8) is 0 Å². The van der Waals surface area contributed by atoms with Gasteiger partial charge in [-0.25, -0.2) is 18.4 Å². The number of morpholine rings is 2. The van der Waals surface area contributed by atoms with Gasteiger partial charge in [0.05, 0.1) is 37.8 Å². The molecule has 0 aromatic heterocycles. The minimum atomic E-state index is -0.483. The van der Waals surface area contributed by atoms with E-state index in [-0.39, 0.29) is 29.4 Å². The Kier molecular flexibility index (Phi) is 16.5. The summed E-state index contributed by atoms with van der Waals surface area (Å²) >= 11 is 0. The molecule has 13 nitrogen and oxygen atoms in total. The van der Waals surface area contributed by atoms with Gasteiger partial charge in [-0.05, 0) is 65.3 Å². The fraction of sp³-hybridized carbons (Fsp3) is 0.625. The Hall–Kier alpha value is -4.05. The molecule has 55 heavy (non-hydrogen) atoms. The Bertz CT molecular complexity index is 1530. The lowest BCUT2D eigenvalue weighted by Crippen LogP contribution is -2.49. The molecule has 6 rings (SSSR count). The highest BCUT2D eigenvalue weighted by Gasteiger charge is 2.28. The highest BCUT2D eigenvalue weighted by Crippen LogP contribution is 2.27. The smallest absolute Gasteiger partial charge is 0.410 e. The van der Waals surface area contributed by atoms with Gasteiger partial charge in [0.2, 0.25) is 0 Å². The largest absolute Gasteiger partial charge is 0.444 e. The molecule has 0 spiro atoms. The molecule has 0 aliphatic carbocycles. The quantitative estimate of drug-likeness (QED) is 0.414. The Morgan fingerprint density at radius 1 is 0.673 bits per heavy atom. The van der Waals surface area contributed by atoms with E-state index in [0.717, 1.165) is 44.8 Å². The van der Waals surface area contributed by atoms with Crippen molar-refractivity contribution in [1.29, 1.82) is 0 Å². The summed E-state index contributed by atoms with van der Waals surface area (Å²) in [5.41, 5.74) is 1.61. The van der Waals surface area contributed by atoms with Gasteiger partial charge in [0, 0.05) is 90.6 Å². The number of piperazine rings is 2. The number of hydrogen-bond donors (Lipinski definition) is 1. The average molecular weight is 775 g/mol. The summed E-state index contributed by atoms with van der Waals surface area (Å²) in [7, 11) is 0. The maximum Gasteiger partial charge on any atom is 0.410 e. The number of amides is 2. The van der Waals surface area contributed by atoms with Crippen LogP contribution < -0.4 is 15.1 Å². The van der Waals surface area contributed by atoms with Crippen LogP contribution in [0, 0.1) is 11.6 Å². The Balaban J connectivity index is 0.000000202. The number of aldehydes is 1.